The third kappa shape index (κ3) is 3.92. The Morgan fingerprint density at radius 2 is 2.00 bits per heavy atom. The van der Waals surface area contributed by atoms with Gasteiger partial charge < -0.3 is 20.9 Å². The van der Waals surface area contributed by atoms with Gasteiger partial charge in [-0.3, -0.25) is 5.41 Å². The molecule has 0 amide bonds. The number of carboxylic acid groups (broad SMARTS) is 1. The first-order chi connectivity index (χ1) is 11.4. The quantitative estimate of drug-likeness (QED) is 0.462. The standard InChI is InChI=1S/C18H19N3O3/c1-3-11-8-13(10-15(9-11)24-2)16(18(22)23)21-14-6-4-12(5-7-14)17(19)20/h3-10,16,21H,1H2,2H3,(H3,19,20)(H,22,23). The van der Waals surface area contributed by atoms with Crippen LogP contribution in [-0.4, -0.2) is 24.0 Å². The van der Waals surface area contributed by atoms with Crippen molar-refractivity contribution >= 4 is 23.6 Å². The minimum Gasteiger partial charge on any atom is -0.497 e. The fraction of sp³-hybridized carbons (Fsp3) is 0.111. The van der Waals surface area contributed by atoms with E-state index in [-0.39, 0.29) is 5.84 Å². The molecule has 5 N–H and O–H groups in total. The molecule has 1 atom stereocenters. The molecule has 0 saturated heterocycles. The second-order valence-corrected chi connectivity index (χ2v) is 5.15. The van der Waals surface area contributed by atoms with Gasteiger partial charge in [-0.15, -0.1) is 0 Å². The Morgan fingerprint density at radius 1 is 1.33 bits per heavy atom. The van der Waals surface area contributed by atoms with E-state index in [1.54, 1.807) is 48.5 Å². The molecule has 124 valence electrons. The fourth-order valence-corrected chi connectivity index (χ4v) is 2.25. The average molecular weight is 325 g/mol. The third-order valence-electron chi connectivity index (χ3n) is 3.51. The number of carbonyl (C=O) groups is 1. The van der Waals surface area contributed by atoms with Crippen LogP contribution in [0.15, 0.2) is 49.0 Å². The number of nitrogen functional groups attached to an aromatic ring is 1. The third-order valence-corrected chi connectivity index (χ3v) is 3.51. The van der Waals surface area contributed by atoms with Crippen LogP contribution in [-0.2, 0) is 4.79 Å². The molecular weight excluding hydrogens is 306 g/mol. The molecule has 2 rings (SSSR count). The largest absolute Gasteiger partial charge is 0.497 e. The van der Waals surface area contributed by atoms with Crippen molar-refractivity contribution in [1.29, 1.82) is 5.41 Å². The molecule has 0 aromatic heterocycles. The normalized spacial score (nSPS) is 11.4. The molecule has 2 aromatic carbocycles. The van der Waals surface area contributed by atoms with E-state index in [1.807, 2.05) is 0 Å². The van der Waals surface area contributed by atoms with Crippen LogP contribution >= 0.6 is 0 Å². The Hall–Kier alpha value is -3.28. The van der Waals surface area contributed by atoms with Gasteiger partial charge in [0.15, 0.2) is 6.04 Å². The highest BCUT2D eigenvalue weighted by molar-refractivity contribution is 5.95. The summed E-state index contributed by atoms with van der Waals surface area (Å²) < 4.78 is 5.21. The number of methoxy groups -OCH3 is 1. The summed E-state index contributed by atoms with van der Waals surface area (Å²) in [5.74, 6) is -0.504. The minimum atomic E-state index is -1.02. The summed E-state index contributed by atoms with van der Waals surface area (Å²) in [5, 5.41) is 19.9. The number of aliphatic carboxylic acids is 1. The molecule has 0 heterocycles. The van der Waals surface area contributed by atoms with Gasteiger partial charge in [0, 0.05) is 11.3 Å². The molecule has 24 heavy (non-hydrogen) atoms. The number of carboxylic acids is 1. The average Bonchev–Trinajstić information content (AvgIpc) is 2.59. The minimum absolute atomic E-state index is 0.0419. The fourth-order valence-electron chi connectivity index (χ4n) is 2.25. The Bertz CT molecular complexity index is 770. The van der Waals surface area contributed by atoms with Crippen LogP contribution in [0.2, 0.25) is 0 Å². The van der Waals surface area contributed by atoms with Crippen molar-refractivity contribution in [2.75, 3.05) is 12.4 Å². The van der Waals surface area contributed by atoms with Gasteiger partial charge >= 0.3 is 5.97 Å². The van der Waals surface area contributed by atoms with Gasteiger partial charge in [-0.1, -0.05) is 12.7 Å². The lowest BCUT2D eigenvalue weighted by Gasteiger charge is -2.18. The van der Waals surface area contributed by atoms with Crippen LogP contribution in [0.5, 0.6) is 5.75 Å². The van der Waals surface area contributed by atoms with Crippen molar-refractivity contribution < 1.29 is 14.6 Å². The lowest BCUT2D eigenvalue weighted by molar-refractivity contribution is -0.138. The molecule has 6 heteroatoms. The summed E-state index contributed by atoms with van der Waals surface area (Å²) in [6, 6.07) is 10.9. The van der Waals surface area contributed by atoms with Gasteiger partial charge in [0.2, 0.25) is 0 Å². The smallest absolute Gasteiger partial charge is 0.330 e. The number of nitrogens with two attached hydrogens (primary N) is 1. The summed E-state index contributed by atoms with van der Waals surface area (Å²) in [7, 11) is 1.52. The van der Waals surface area contributed by atoms with Crippen LogP contribution in [0.4, 0.5) is 5.69 Å². The molecule has 1 unspecified atom stereocenters. The summed E-state index contributed by atoms with van der Waals surface area (Å²) >= 11 is 0. The van der Waals surface area contributed by atoms with Crippen LogP contribution < -0.4 is 15.8 Å². The summed E-state index contributed by atoms with van der Waals surface area (Å²) in [4.78, 5) is 11.7. The highest BCUT2D eigenvalue weighted by Crippen LogP contribution is 2.26. The van der Waals surface area contributed by atoms with E-state index >= 15 is 0 Å². The van der Waals surface area contributed by atoms with E-state index in [2.05, 4.69) is 11.9 Å². The Balaban J connectivity index is 2.34. The Kier molecular flexibility index (Phi) is 5.21. The van der Waals surface area contributed by atoms with Crippen molar-refractivity contribution in [1.82, 2.24) is 0 Å². The summed E-state index contributed by atoms with van der Waals surface area (Å²) in [6.07, 6.45) is 1.63. The van der Waals surface area contributed by atoms with Gasteiger partial charge in [0.25, 0.3) is 0 Å². The van der Waals surface area contributed by atoms with E-state index < -0.39 is 12.0 Å². The van der Waals surface area contributed by atoms with Crippen molar-refractivity contribution in [2.24, 2.45) is 5.73 Å². The van der Waals surface area contributed by atoms with E-state index in [0.29, 0.717) is 22.6 Å². The maximum atomic E-state index is 11.7. The first kappa shape index (κ1) is 17.1. The van der Waals surface area contributed by atoms with Crippen molar-refractivity contribution in [3.8, 4) is 5.75 Å². The molecule has 0 bridgehead atoms. The van der Waals surface area contributed by atoms with Crippen molar-refractivity contribution in [3.05, 3.63) is 65.7 Å². The van der Waals surface area contributed by atoms with Gasteiger partial charge in [-0.05, 0) is 53.6 Å². The maximum Gasteiger partial charge on any atom is 0.330 e. The second kappa shape index (κ2) is 7.32. The zero-order valence-corrected chi connectivity index (χ0v) is 13.2. The molecule has 0 aliphatic carbocycles. The van der Waals surface area contributed by atoms with E-state index in [0.717, 1.165) is 5.56 Å². The van der Waals surface area contributed by atoms with Gasteiger partial charge in [-0.25, -0.2) is 4.79 Å². The van der Waals surface area contributed by atoms with Crippen LogP contribution in [0.3, 0.4) is 0 Å². The predicted octanol–water partition coefficient (Wildman–Crippen LogP) is 2.86. The second-order valence-electron chi connectivity index (χ2n) is 5.15. The van der Waals surface area contributed by atoms with Crippen molar-refractivity contribution in [3.63, 3.8) is 0 Å². The Labute approximate surface area is 140 Å². The first-order valence-electron chi connectivity index (χ1n) is 7.20. The zero-order valence-electron chi connectivity index (χ0n) is 13.2. The highest BCUT2D eigenvalue weighted by Gasteiger charge is 2.21. The molecule has 0 spiro atoms. The molecular formula is C18H19N3O3. The topological polar surface area (TPSA) is 108 Å². The number of hydrogen-bond donors (Lipinski definition) is 4. The van der Waals surface area contributed by atoms with Crippen LogP contribution in [0, 0.1) is 5.41 Å². The molecule has 6 nitrogen and oxygen atoms in total. The van der Waals surface area contributed by atoms with Crippen molar-refractivity contribution in [2.45, 2.75) is 6.04 Å². The van der Waals surface area contributed by atoms with E-state index in [9.17, 15) is 9.90 Å². The number of benzene rings is 2. The number of rotatable bonds is 7. The Morgan fingerprint density at radius 3 is 2.50 bits per heavy atom. The molecule has 2 aromatic rings. The highest BCUT2D eigenvalue weighted by atomic mass is 16.5. The summed E-state index contributed by atoms with van der Waals surface area (Å²) in [5.41, 5.74) is 7.91. The SMILES string of the molecule is C=Cc1cc(OC)cc(C(Nc2ccc(C(=N)N)cc2)C(=O)O)c1. The molecule has 0 aliphatic rings. The van der Waals surface area contributed by atoms with Crippen LogP contribution in [0.25, 0.3) is 6.08 Å². The predicted molar refractivity (Wildman–Crippen MR) is 94.5 cm³/mol. The van der Waals surface area contributed by atoms with E-state index in [4.69, 9.17) is 15.9 Å². The maximum absolute atomic E-state index is 11.7. The number of ether oxygens (including phenoxy) is 1. The molecule has 0 aliphatic heterocycles. The molecule has 0 fully saturated rings. The number of amidine groups is 1. The lowest BCUT2D eigenvalue weighted by atomic mass is 10.0. The van der Waals surface area contributed by atoms with Gasteiger partial charge in [-0.2, -0.15) is 0 Å². The zero-order chi connectivity index (χ0) is 17.7. The van der Waals surface area contributed by atoms with Gasteiger partial charge in [0.05, 0.1) is 7.11 Å². The number of hydrogen-bond acceptors (Lipinski definition) is 4. The number of anilines is 1. The first-order valence-corrected chi connectivity index (χ1v) is 7.20. The lowest BCUT2D eigenvalue weighted by Crippen LogP contribution is -2.21. The summed E-state index contributed by atoms with van der Waals surface area (Å²) in [6.45, 7) is 3.71. The number of nitrogens with one attached hydrogen (secondary N) is 2. The molecule has 0 saturated carbocycles. The van der Waals surface area contributed by atoms with Gasteiger partial charge in [0.1, 0.15) is 11.6 Å². The van der Waals surface area contributed by atoms with Crippen LogP contribution in [0.1, 0.15) is 22.7 Å². The van der Waals surface area contributed by atoms with E-state index in [1.165, 1.54) is 7.11 Å². The molecule has 0 radical (unpaired) electrons. The monoisotopic (exact) mass is 325 g/mol.